The van der Waals surface area contributed by atoms with Crippen LogP contribution in [0.1, 0.15) is 24.2 Å². The predicted molar refractivity (Wildman–Crippen MR) is 66.5 cm³/mol. The standard InChI is InChI=1S/C13H14F3N3/c1-8(17-2)11-7-12(19-18-11)9-3-5-10(6-4-9)13(14,15)16/h3-8,17H,1-2H3,(H,18,19). The smallest absolute Gasteiger partial charge is 0.312 e. The number of nitrogens with zero attached hydrogens (tertiary/aromatic N) is 1. The first-order valence-electron chi connectivity index (χ1n) is 5.82. The molecule has 6 heteroatoms. The lowest BCUT2D eigenvalue weighted by molar-refractivity contribution is -0.137. The molecule has 2 N–H and O–H groups in total. The van der Waals surface area contributed by atoms with E-state index in [1.54, 1.807) is 0 Å². The van der Waals surface area contributed by atoms with Crippen molar-refractivity contribution in [2.45, 2.75) is 19.1 Å². The van der Waals surface area contributed by atoms with Crippen molar-refractivity contribution in [1.29, 1.82) is 0 Å². The van der Waals surface area contributed by atoms with Crippen molar-refractivity contribution < 1.29 is 13.2 Å². The number of alkyl halides is 3. The molecule has 102 valence electrons. The fourth-order valence-electron chi connectivity index (χ4n) is 1.69. The second-order valence-electron chi connectivity index (χ2n) is 4.29. The van der Waals surface area contributed by atoms with Crippen LogP contribution in [-0.4, -0.2) is 17.2 Å². The molecule has 0 aliphatic carbocycles. The molecule has 0 bridgehead atoms. The molecular weight excluding hydrogens is 255 g/mol. The lowest BCUT2D eigenvalue weighted by atomic mass is 10.1. The van der Waals surface area contributed by atoms with E-state index in [0.717, 1.165) is 17.8 Å². The Hall–Kier alpha value is -1.82. The summed E-state index contributed by atoms with van der Waals surface area (Å²) in [5.41, 5.74) is 1.51. The third kappa shape index (κ3) is 2.96. The summed E-state index contributed by atoms with van der Waals surface area (Å²) in [4.78, 5) is 0. The van der Waals surface area contributed by atoms with Crippen LogP contribution in [0.3, 0.4) is 0 Å². The molecule has 19 heavy (non-hydrogen) atoms. The van der Waals surface area contributed by atoms with Crippen LogP contribution in [0.5, 0.6) is 0 Å². The van der Waals surface area contributed by atoms with Gasteiger partial charge < -0.3 is 5.32 Å². The van der Waals surface area contributed by atoms with E-state index in [-0.39, 0.29) is 6.04 Å². The van der Waals surface area contributed by atoms with Gasteiger partial charge in [0.05, 0.1) is 17.0 Å². The minimum atomic E-state index is -4.31. The third-order valence-corrected chi connectivity index (χ3v) is 3.01. The molecule has 0 aliphatic rings. The fraction of sp³-hybridized carbons (Fsp3) is 0.308. The quantitative estimate of drug-likeness (QED) is 0.896. The monoisotopic (exact) mass is 269 g/mol. The van der Waals surface area contributed by atoms with Gasteiger partial charge in [0.25, 0.3) is 0 Å². The van der Waals surface area contributed by atoms with Gasteiger partial charge in [0, 0.05) is 11.6 Å². The summed E-state index contributed by atoms with van der Waals surface area (Å²) in [5.74, 6) is 0. The molecule has 1 heterocycles. The highest BCUT2D eigenvalue weighted by Crippen LogP contribution is 2.30. The Bertz CT molecular complexity index is 543. The topological polar surface area (TPSA) is 40.7 Å². The minimum absolute atomic E-state index is 0.107. The summed E-state index contributed by atoms with van der Waals surface area (Å²) >= 11 is 0. The van der Waals surface area contributed by atoms with Crippen LogP contribution in [0.2, 0.25) is 0 Å². The second kappa shape index (κ2) is 5.05. The van der Waals surface area contributed by atoms with Crippen LogP contribution in [0.25, 0.3) is 11.3 Å². The van der Waals surface area contributed by atoms with Gasteiger partial charge in [-0.15, -0.1) is 0 Å². The lowest BCUT2D eigenvalue weighted by Crippen LogP contribution is -2.12. The van der Waals surface area contributed by atoms with E-state index in [1.165, 1.54) is 12.1 Å². The summed E-state index contributed by atoms with van der Waals surface area (Å²) in [6.45, 7) is 1.96. The van der Waals surface area contributed by atoms with Gasteiger partial charge in [0.2, 0.25) is 0 Å². The maximum atomic E-state index is 12.4. The highest BCUT2D eigenvalue weighted by molar-refractivity contribution is 5.59. The fourth-order valence-corrected chi connectivity index (χ4v) is 1.69. The number of halogens is 3. The molecule has 1 aromatic heterocycles. The predicted octanol–water partition coefficient (Wildman–Crippen LogP) is 3.38. The van der Waals surface area contributed by atoms with Crippen LogP contribution in [0, 0.1) is 0 Å². The maximum absolute atomic E-state index is 12.4. The molecule has 2 rings (SSSR count). The largest absolute Gasteiger partial charge is 0.416 e. The van der Waals surface area contributed by atoms with Crippen LogP contribution in [0.15, 0.2) is 30.3 Å². The highest BCUT2D eigenvalue weighted by atomic mass is 19.4. The number of H-pyrrole nitrogens is 1. The van der Waals surface area contributed by atoms with Crippen LogP contribution >= 0.6 is 0 Å². The SMILES string of the molecule is CNC(C)c1cc(-c2ccc(C(F)(F)F)cc2)n[nH]1. The average Bonchev–Trinajstić information content (AvgIpc) is 2.86. The molecule has 0 aliphatic heterocycles. The van der Waals surface area contributed by atoms with E-state index >= 15 is 0 Å². The highest BCUT2D eigenvalue weighted by Gasteiger charge is 2.30. The molecule has 1 aromatic carbocycles. The number of aromatic nitrogens is 2. The molecule has 0 saturated carbocycles. The van der Waals surface area contributed by atoms with Gasteiger partial charge in [-0.2, -0.15) is 18.3 Å². The third-order valence-electron chi connectivity index (χ3n) is 3.01. The molecule has 0 amide bonds. The summed E-state index contributed by atoms with van der Waals surface area (Å²) in [6.07, 6.45) is -4.31. The summed E-state index contributed by atoms with van der Waals surface area (Å²) in [7, 11) is 1.82. The Kier molecular flexibility index (Phi) is 3.61. The summed E-state index contributed by atoms with van der Waals surface area (Å²) < 4.78 is 37.3. The second-order valence-corrected chi connectivity index (χ2v) is 4.29. The number of benzene rings is 1. The number of hydrogen-bond donors (Lipinski definition) is 2. The maximum Gasteiger partial charge on any atom is 0.416 e. The normalized spacial score (nSPS) is 13.5. The van der Waals surface area contributed by atoms with Crippen molar-refractivity contribution >= 4 is 0 Å². The van der Waals surface area contributed by atoms with Gasteiger partial charge in [-0.3, -0.25) is 5.10 Å². The van der Waals surface area contributed by atoms with Crippen molar-refractivity contribution in [3.63, 3.8) is 0 Å². The van der Waals surface area contributed by atoms with Crippen molar-refractivity contribution in [3.8, 4) is 11.3 Å². The number of nitrogens with one attached hydrogen (secondary N) is 2. The first-order valence-corrected chi connectivity index (χ1v) is 5.82. The summed E-state index contributed by atoms with van der Waals surface area (Å²) in [5, 5.41) is 10.0. The van der Waals surface area contributed by atoms with Crippen molar-refractivity contribution in [2.24, 2.45) is 0 Å². The van der Waals surface area contributed by atoms with Crippen molar-refractivity contribution in [2.75, 3.05) is 7.05 Å². The minimum Gasteiger partial charge on any atom is -0.312 e. The van der Waals surface area contributed by atoms with Gasteiger partial charge >= 0.3 is 6.18 Å². The van der Waals surface area contributed by atoms with E-state index in [9.17, 15) is 13.2 Å². The van der Waals surface area contributed by atoms with Gasteiger partial charge in [-0.25, -0.2) is 0 Å². The van der Waals surface area contributed by atoms with E-state index in [2.05, 4.69) is 15.5 Å². The number of hydrogen-bond acceptors (Lipinski definition) is 2. The molecule has 3 nitrogen and oxygen atoms in total. The molecule has 1 atom stereocenters. The molecule has 0 radical (unpaired) electrons. The Morgan fingerprint density at radius 1 is 1.21 bits per heavy atom. The number of aromatic amines is 1. The Morgan fingerprint density at radius 3 is 2.37 bits per heavy atom. The molecule has 0 spiro atoms. The van der Waals surface area contributed by atoms with Gasteiger partial charge in [-0.1, -0.05) is 12.1 Å². The van der Waals surface area contributed by atoms with E-state index in [1.807, 2.05) is 20.0 Å². The first kappa shape index (κ1) is 13.6. The molecule has 1 unspecified atom stereocenters. The molecular formula is C13H14F3N3. The van der Waals surface area contributed by atoms with E-state index in [0.29, 0.717) is 11.3 Å². The Labute approximate surface area is 108 Å². The zero-order valence-corrected chi connectivity index (χ0v) is 10.5. The van der Waals surface area contributed by atoms with Crippen LogP contribution in [-0.2, 0) is 6.18 Å². The van der Waals surface area contributed by atoms with Crippen LogP contribution in [0.4, 0.5) is 13.2 Å². The van der Waals surface area contributed by atoms with Crippen LogP contribution < -0.4 is 5.32 Å². The van der Waals surface area contributed by atoms with E-state index in [4.69, 9.17) is 0 Å². The van der Waals surface area contributed by atoms with Gasteiger partial charge in [0.15, 0.2) is 0 Å². The zero-order chi connectivity index (χ0) is 14.0. The molecule has 0 fully saturated rings. The zero-order valence-electron chi connectivity index (χ0n) is 10.5. The Balaban J connectivity index is 2.25. The van der Waals surface area contributed by atoms with E-state index < -0.39 is 11.7 Å². The van der Waals surface area contributed by atoms with Crippen molar-refractivity contribution in [1.82, 2.24) is 15.5 Å². The Morgan fingerprint density at radius 2 is 1.84 bits per heavy atom. The molecule has 2 aromatic rings. The average molecular weight is 269 g/mol. The summed E-state index contributed by atoms with van der Waals surface area (Å²) in [6, 6.07) is 6.90. The molecule has 0 saturated heterocycles. The lowest BCUT2D eigenvalue weighted by Gasteiger charge is -2.06. The number of rotatable bonds is 3. The first-order chi connectivity index (χ1) is 8.91. The van der Waals surface area contributed by atoms with Gasteiger partial charge in [-0.05, 0) is 32.2 Å². The van der Waals surface area contributed by atoms with Gasteiger partial charge in [0.1, 0.15) is 0 Å². The van der Waals surface area contributed by atoms with Crippen molar-refractivity contribution in [3.05, 3.63) is 41.6 Å².